The first-order valence-corrected chi connectivity index (χ1v) is 12.1. The summed E-state index contributed by atoms with van der Waals surface area (Å²) in [5.74, 6) is -2.84. The Labute approximate surface area is 207 Å². The Hall–Kier alpha value is -1.72. The standard InChI is InChI=1S/C20H21Cl3N2O7S/c1-19(2)15(18(30)32-9-20(21,22)23)25-16(29)14(17(25)33(19)31)24-12(26)7-10-3-5-11(6-4-10)8-13(27)28/h3-6,14-15,17H,7-9H2,1-2H3,(H,24,26)(H,27,28)/t14-,15+,17-,33-/m1/s1. The molecular formula is C20H21Cl3N2O7S. The molecule has 2 saturated heterocycles. The fraction of sp³-hybridized carbons (Fsp3) is 0.500. The third kappa shape index (κ3) is 5.51. The molecule has 2 fully saturated rings. The fourth-order valence-electron chi connectivity index (χ4n) is 3.87. The van der Waals surface area contributed by atoms with Crippen molar-refractivity contribution >= 4 is 69.7 Å². The summed E-state index contributed by atoms with van der Waals surface area (Å²) >= 11 is 15.1. The number of hydrogen-bond acceptors (Lipinski definition) is 6. The fourth-order valence-corrected chi connectivity index (χ4v) is 5.94. The summed E-state index contributed by atoms with van der Waals surface area (Å²) in [7, 11) is 0. The van der Waals surface area contributed by atoms with E-state index in [2.05, 4.69) is 5.32 Å². The van der Waals surface area contributed by atoms with Crippen molar-refractivity contribution < 1.29 is 33.6 Å². The quantitative estimate of drug-likeness (QED) is 0.231. The topological polar surface area (TPSA) is 136 Å². The van der Waals surface area contributed by atoms with E-state index in [9.17, 15) is 23.7 Å². The lowest BCUT2D eigenvalue weighted by molar-refractivity contribution is -0.164. The van der Waals surface area contributed by atoms with E-state index in [0.717, 1.165) is 4.90 Å². The zero-order valence-electron chi connectivity index (χ0n) is 17.5. The van der Waals surface area contributed by atoms with Gasteiger partial charge in [0.25, 0.3) is 5.91 Å². The summed E-state index contributed by atoms with van der Waals surface area (Å²) in [6, 6.07) is 4.26. The lowest BCUT2D eigenvalue weighted by Gasteiger charge is -2.41. The Kier molecular flexibility index (Phi) is 7.45. The van der Waals surface area contributed by atoms with Crippen LogP contribution in [-0.4, -0.2) is 70.9 Å². The van der Waals surface area contributed by atoms with Crippen LogP contribution in [0.2, 0.25) is 0 Å². The molecule has 0 radical (unpaired) electrons. The van der Waals surface area contributed by atoms with Crippen LogP contribution in [0.1, 0.15) is 25.0 Å². The van der Waals surface area contributed by atoms with Crippen molar-refractivity contribution in [3.05, 3.63) is 35.4 Å². The summed E-state index contributed by atoms with van der Waals surface area (Å²) in [5, 5.41) is 10.5. The number of rotatable bonds is 7. The molecule has 0 aliphatic carbocycles. The molecule has 1 aromatic carbocycles. The van der Waals surface area contributed by atoms with Crippen LogP contribution >= 0.6 is 34.8 Å². The van der Waals surface area contributed by atoms with Crippen LogP contribution < -0.4 is 5.32 Å². The minimum absolute atomic E-state index is 0.0609. The van der Waals surface area contributed by atoms with E-state index < -0.39 is 67.5 Å². The SMILES string of the molecule is CC1(C)[C@H](C(=O)OCC(Cl)(Cl)Cl)N2C(=O)[C@@H](NC(=O)Cc3ccc(CC(=O)O)cc3)[C@H]2[S@@+]1[O-]. The average Bonchev–Trinajstić information content (AvgIpc) is 2.89. The number of carboxylic acids is 1. The number of nitrogens with one attached hydrogen (secondary N) is 1. The maximum atomic E-state index is 13.1. The second kappa shape index (κ2) is 9.50. The molecule has 180 valence electrons. The summed E-state index contributed by atoms with van der Waals surface area (Å²) in [6.45, 7) is 2.59. The Morgan fingerprint density at radius 3 is 2.24 bits per heavy atom. The molecule has 0 spiro atoms. The molecule has 4 atom stereocenters. The first-order valence-electron chi connectivity index (χ1n) is 9.77. The highest BCUT2D eigenvalue weighted by Crippen LogP contribution is 2.46. The maximum Gasteiger partial charge on any atom is 0.334 e. The van der Waals surface area contributed by atoms with Gasteiger partial charge in [-0.2, -0.15) is 0 Å². The molecule has 13 heteroatoms. The molecule has 9 nitrogen and oxygen atoms in total. The number of carbonyl (C=O) groups excluding carboxylic acids is 3. The van der Waals surface area contributed by atoms with E-state index in [-0.39, 0.29) is 12.8 Å². The largest absolute Gasteiger partial charge is 0.614 e. The third-order valence-electron chi connectivity index (χ3n) is 5.42. The van der Waals surface area contributed by atoms with Gasteiger partial charge in [0, 0.05) is 0 Å². The Balaban J connectivity index is 1.65. The van der Waals surface area contributed by atoms with Crippen molar-refractivity contribution in [3.63, 3.8) is 0 Å². The lowest BCUT2D eigenvalue weighted by atomic mass is 9.96. The number of benzene rings is 1. The molecule has 2 heterocycles. The number of carbonyl (C=O) groups is 4. The molecule has 1 aromatic rings. The average molecular weight is 540 g/mol. The van der Waals surface area contributed by atoms with Crippen molar-refractivity contribution in [2.45, 2.75) is 52.7 Å². The molecule has 0 saturated carbocycles. The zero-order valence-corrected chi connectivity index (χ0v) is 20.6. The van der Waals surface area contributed by atoms with Gasteiger partial charge in [0.1, 0.15) is 6.61 Å². The number of halogens is 3. The Morgan fingerprint density at radius 1 is 1.18 bits per heavy atom. The molecule has 2 N–H and O–H groups in total. The van der Waals surface area contributed by atoms with Gasteiger partial charge < -0.3 is 19.7 Å². The predicted molar refractivity (Wildman–Crippen MR) is 121 cm³/mol. The van der Waals surface area contributed by atoms with Gasteiger partial charge in [-0.3, -0.25) is 19.3 Å². The first kappa shape index (κ1) is 25.9. The van der Waals surface area contributed by atoms with Crippen LogP contribution in [0.15, 0.2) is 24.3 Å². The van der Waals surface area contributed by atoms with Crippen molar-refractivity contribution in [1.82, 2.24) is 10.2 Å². The number of amides is 2. The molecule has 33 heavy (non-hydrogen) atoms. The van der Waals surface area contributed by atoms with Gasteiger partial charge >= 0.3 is 11.9 Å². The summed E-state index contributed by atoms with van der Waals surface area (Å²) in [5.41, 5.74) is 1.21. The van der Waals surface area contributed by atoms with Crippen LogP contribution in [-0.2, 0) is 47.9 Å². The summed E-state index contributed by atoms with van der Waals surface area (Å²) < 4.78 is 15.1. The third-order valence-corrected chi connectivity index (χ3v) is 7.94. The van der Waals surface area contributed by atoms with E-state index in [1.54, 1.807) is 38.1 Å². The van der Waals surface area contributed by atoms with Gasteiger partial charge in [0.2, 0.25) is 15.1 Å². The number of esters is 1. The minimum atomic E-state index is -1.84. The van der Waals surface area contributed by atoms with Crippen molar-refractivity contribution in [2.75, 3.05) is 6.61 Å². The minimum Gasteiger partial charge on any atom is -0.614 e. The summed E-state index contributed by atoms with van der Waals surface area (Å²) in [4.78, 5) is 49.8. The molecule has 3 rings (SSSR count). The highest BCUT2D eigenvalue weighted by atomic mass is 35.6. The van der Waals surface area contributed by atoms with Gasteiger partial charge in [-0.25, -0.2) is 4.79 Å². The zero-order chi connectivity index (χ0) is 24.7. The number of carboxylic acid groups (broad SMARTS) is 1. The molecule has 0 bridgehead atoms. The Bertz CT molecular complexity index is 967. The number of nitrogens with zero attached hydrogens (tertiary/aromatic N) is 1. The second-order valence-corrected chi connectivity index (χ2v) is 12.9. The second-order valence-electron chi connectivity index (χ2n) is 8.27. The van der Waals surface area contributed by atoms with Crippen LogP contribution in [0.3, 0.4) is 0 Å². The van der Waals surface area contributed by atoms with Crippen molar-refractivity contribution in [2.24, 2.45) is 0 Å². The van der Waals surface area contributed by atoms with Crippen molar-refractivity contribution in [3.8, 4) is 0 Å². The maximum absolute atomic E-state index is 13.1. The Morgan fingerprint density at radius 2 is 1.73 bits per heavy atom. The van der Waals surface area contributed by atoms with Crippen LogP contribution in [0.5, 0.6) is 0 Å². The van der Waals surface area contributed by atoms with E-state index in [4.69, 9.17) is 44.6 Å². The molecule has 0 aromatic heterocycles. The summed E-state index contributed by atoms with van der Waals surface area (Å²) in [6.07, 6.45) is -0.192. The normalized spacial score (nSPS) is 25.8. The molecule has 2 amide bonds. The first-order chi connectivity index (χ1) is 15.2. The number of ether oxygens (including phenoxy) is 1. The van der Waals surface area contributed by atoms with Crippen LogP contribution in [0, 0.1) is 0 Å². The number of aliphatic carboxylic acids is 1. The predicted octanol–water partition coefficient (Wildman–Crippen LogP) is 1.33. The lowest BCUT2D eigenvalue weighted by Crippen LogP contribution is -2.72. The number of alkyl halides is 3. The number of hydrogen-bond donors (Lipinski definition) is 2. The van der Waals surface area contributed by atoms with Gasteiger partial charge in [-0.05, 0) is 36.2 Å². The molecule has 2 aliphatic rings. The van der Waals surface area contributed by atoms with E-state index in [0.29, 0.717) is 11.1 Å². The highest BCUT2D eigenvalue weighted by Gasteiger charge is 2.73. The smallest absolute Gasteiger partial charge is 0.334 e. The van der Waals surface area contributed by atoms with Gasteiger partial charge in [0.05, 0.1) is 12.8 Å². The van der Waals surface area contributed by atoms with E-state index >= 15 is 0 Å². The number of β-lactam (4-membered cyclic amide) rings is 1. The number of fused-ring (bicyclic) bond motifs is 1. The van der Waals surface area contributed by atoms with Crippen LogP contribution in [0.4, 0.5) is 0 Å². The van der Waals surface area contributed by atoms with Gasteiger partial charge in [0.15, 0.2) is 16.8 Å². The van der Waals surface area contributed by atoms with Gasteiger partial charge in [-0.1, -0.05) is 59.1 Å². The van der Waals surface area contributed by atoms with Crippen LogP contribution in [0.25, 0.3) is 0 Å². The van der Waals surface area contributed by atoms with E-state index in [1.165, 1.54) is 0 Å². The monoisotopic (exact) mass is 538 g/mol. The molecular weight excluding hydrogens is 519 g/mol. The highest BCUT2D eigenvalue weighted by molar-refractivity contribution is 7.94. The molecule has 2 aliphatic heterocycles. The van der Waals surface area contributed by atoms with Crippen molar-refractivity contribution in [1.29, 1.82) is 0 Å². The van der Waals surface area contributed by atoms with Gasteiger partial charge in [-0.15, -0.1) is 0 Å². The van der Waals surface area contributed by atoms with E-state index in [1.807, 2.05) is 0 Å². The molecule has 0 unspecified atom stereocenters.